The van der Waals surface area contributed by atoms with E-state index in [4.69, 9.17) is 23.2 Å². The van der Waals surface area contributed by atoms with Crippen LogP contribution in [0.25, 0.3) is 0 Å². The Hall–Kier alpha value is -3.18. The van der Waals surface area contributed by atoms with Gasteiger partial charge in [0.2, 0.25) is 21.5 Å². The Balaban J connectivity index is 1.59. The molecule has 0 bridgehead atoms. The van der Waals surface area contributed by atoms with Crippen LogP contribution in [0.4, 0.5) is 0 Å². The van der Waals surface area contributed by atoms with Gasteiger partial charge in [0, 0.05) is 52.4 Å². The van der Waals surface area contributed by atoms with Gasteiger partial charge in [-0.25, -0.2) is 13.1 Å². The molecule has 2 heterocycles. The summed E-state index contributed by atoms with van der Waals surface area (Å²) in [5, 5.41) is 3.71. The molecular weight excluding hydrogens is 599 g/mol. The number of nitrogens with one attached hydrogen (secondary N) is 3. The van der Waals surface area contributed by atoms with Crippen molar-refractivity contribution in [2.24, 2.45) is 0 Å². The summed E-state index contributed by atoms with van der Waals surface area (Å²) in [6.07, 6.45) is 4.21. The number of sulfonamides is 1. The molecule has 0 saturated heterocycles. The molecule has 3 N–H and O–H groups in total. The van der Waals surface area contributed by atoms with Crippen molar-refractivity contribution in [3.05, 3.63) is 103 Å². The predicted molar refractivity (Wildman–Crippen MR) is 162 cm³/mol. The summed E-state index contributed by atoms with van der Waals surface area (Å²) in [7, 11) is -3.58. The smallest absolute Gasteiger partial charge is 0.255 e. The summed E-state index contributed by atoms with van der Waals surface area (Å²) in [5.74, 6) is -1.47. The first-order chi connectivity index (χ1) is 20.0. The van der Waals surface area contributed by atoms with Crippen molar-refractivity contribution in [1.82, 2.24) is 19.9 Å². The number of benzene rings is 2. The van der Waals surface area contributed by atoms with Gasteiger partial charge in [-0.05, 0) is 48.2 Å². The highest BCUT2D eigenvalue weighted by Crippen LogP contribution is 2.47. The molecule has 12 heteroatoms. The van der Waals surface area contributed by atoms with Crippen LogP contribution in [-0.2, 0) is 21.2 Å². The molecule has 9 nitrogen and oxygen atoms in total. The zero-order chi connectivity index (χ0) is 30.0. The van der Waals surface area contributed by atoms with Crippen molar-refractivity contribution in [1.29, 1.82) is 0 Å². The van der Waals surface area contributed by atoms with E-state index in [0.717, 1.165) is 19.1 Å². The second-order valence-corrected chi connectivity index (χ2v) is 13.4. The maximum absolute atomic E-state index is 14.3. The van der Waals surface area contributed by atoms with Crippen molar-refractivity contribution < 1.29 is 18.0 Å². The molecule has 42 heavy (non-hydrogen) atoms. The fourth-order valence-electron chi connectivity index (χ4n) is 6.20. The Morgan fingerprint density at radius 1 is 1.00 bits per heavy atom. The van der Waals surface area contributed by atoms with Crippen molar-refractivity contribution in [2.45, 2.75) is 56.1 Å². The van der Waals surface area contributed by atoms with E-state index in [1.807, 2.05) is 0 Å². The van der Waals surface area contributed by atoms with Crippen LogP contribution in [0.15, 0.2) is 65.5 Å². The summed E-state index contributed by atoms with van der Waals surface area (Å²) in [6.45, 7) is 0.244. The molecule has 0 spiro atoms. The van der Waals surface area contributed by atoms with Gasteiger partial charge in [-0.1, -0.05) is 66.4 Å². The van der Waals surface area contributed by atoms with Crippen LogP contribution >= 0.6 is 23.2 Å². The number of carbonyl (C=O) groups excluding carboxylic acids is 2. The SMILES string of the molecule is CS(=O)(=O)N[C@H]1CCCC[C@@H]1N1C(=O)c2ccccc2[C@@H](C(=O)NCCc2cccc(=O)[nH]2)[C@@H]1c1ccc(Cl)cc1Cl. The first-order valence-electron chi connectivity index (χ1n) is 13.8. The first kappa shape index (κ1) is 30.3. The molecule has 1 fully saturated rings. The number of aromatic nitrogens is 1. The molecule has 0 radical (unpaired) electrons. The number of hydrogen-bond donors (Lipinski definition) is 3. The van der Waals surface area contributed by atoms with Gasteiger partial charge in [-0.15, -0.1) is 0 Å². The highest BCUT2D eigenvalue weighted by Gasteiger charge is 2.49. The van der Waals surface area contributed by atoms with Gasteiger partial charge in [0.1, 0.15) is 0 Å². The second-order valence-electron chi connectivity index (χ2n) is 10.8. The van der Waals surface area contributed by atoms with E-state index < -0.39 is 34.1 Å². The number of halogens is 2. The molecule has 2 aromatic carbocycles. The number of rotatable bonds is 8. The van der Waals surface area contributed by atoms with Crippen LogP contribution in [0.1, 0.15) is 64.8 Å². The zero-order valence-corrected chi connectivity index (χ0v) is 25.3. The molecule has 1 aliphatic carbocycles. The first-order valence-corrected chi connectivity index (χ1v) is 16.5. The number of H-pyrrole nitrogens is 1. The third-order valence-corrected chi connectivity index (χ3v) is 9.21. The quantitative estimate of drug-likeness (QED) is 0.344. The minimum absolute atomic E-state index is 0.226. The minimum atomic E-state index is -3.58. The number of aromatic amines is 1. The average molecular weight is 632 g/mol. The van der Waals surface area contributed by atoms with Gasteiger partial charge < -0.3 is 15.2 Å². The van der Waals surface area contributed by atoms with Gasteiger partial charge in [-0.3, -0.25) is 14.4 Å². The predicted octanol–water partition coefficient (Wildman–Crippen LogP) is 4.18. The van der Waals surface area contributed by atoms with Crippen LogP contribution < -0.4 is 15.6 Å². The van der Waals surface area contributed by atoms with Crippen molar-refractivity contribution in [2.75, 3.05) is 12.8 Å². The van der Waals surface area contributed by atoms with E-state index in [1.165, 1.54) is 6.07 Å². The van der Waals surface area contributed by atoms with Crippen LogP contribution in [0.5, 0.6) is 0 Å². The average Bonchev–Trinajstić information content (AvgIpc) is 2.93. The third kappa shape index (κ3) is 6.57. The second kappa shape index (κ2) is 12.6. The fourth-order valence-corrected chi connectivity index (χ4v) is 7.54. The van der Waals surface area contributed by atoms with Gasteiger partial charge >= 0.3 is 0 Å². The van der Waals surface area contributed by atoms with Crippen LogP contribution in [0.3, 0.4) is 0 Å². The van der Waals surface area contributed by atoms with Gasteiger partial charge in [0.25, 0.3) is 5.91 Å². The molecule has 1 aliphatic heterocycles. The molecule has 5 rings (SSSR count). The molecule has 3 aromatic rings. The van der Waals surface area contributed by atoms with Gasteiger partial charge in [0.05, 0.1) is 18.2 Å². The number of pyridine rings is 1. The van der Waals surface area contributed by atoms with Crippen molar-refractivity contribution >= 4 is 45.0 Å². The summed E-state index contributed by atoms with van der Waals surface area (Å²) >= 11 is 13.0. The summed E-state index contributed by atoms with van der Waals surface area (Å²) in [6, 6.07) is 14.9. The van der Waals surface area contributed by atoms with E-state index in [9.17, 15) is 22.8 Å². The molecule has 222 valence electrons. The standard InChI is InChI=1S/C30H32Cl2N4O5S/c1-42(40,41)35-24-10-4-5-11-25(24)36-28(22-14-13-18(31)17-23(22)32)27(20-8-2-3-9-21(20)30(36)39)29(38)33-16-15-19-7-6-12-26(37)34-19/h2-3,6-9,12-14,17,24-25,27-28,35H,4-5,10-11,15-16H2,1H3,(H,33,38)(H,34,37)/t24-,25-,27+,28-/m0/s1. The molecule has 1 saturated carbocycles. The number of carbonyl (C=O) groups is 2. The monoisotopic (exact) mass is 630 g/mol. The Morgan fingerprint density at radius 3 is 2.50 bits per heavy atom. The van der Waals surface area contributed by atoms with Crippen LogP contribution in [-0.4, -0.2) is 55.0 Å². The normalized spacial score (nSPS) is 22.5. The number of fused-ring (bicyclic) bond motifs is 1. The summed E-state index contributed by atoms with van der Waals surface area (Å²) < 4.78 is 27.4. The van der Waals surface area contributed by atoms with E-state index in [-0.39, 0.29) is 23.9 Å². The number of nitrogens with zero attached hydrogens (tertiary/aromatic N) is 1. The highest BCUT2D eigenvalue weighted by molar-refractivity contribution is 7.88. The molecule has 0 unspecified atom stereocenters. The van der Waals surface area contributed by atoms with E-state index in [1.54, 1.807) is 59.5 Å². The van der Waals surface area contributed by atoms with E-state index in [2.05, 4.69) is 15.0 Å². The lowest BCUT2D eigenvalue weighted by molar-refractivity contribution is -0.124. The zero-order valence-electron chi connectivity index (χ0n) is 23.0. The maximum atomic E-state index is 14.3. The van der Waals surface area contributed by atoms with Gasteiger partial charge in [0.15, 0.2) is 0 Å². The Bertz CT molecular complexity index is 1660. The lowest BCUT2D eigenvalue weighted by Gasteiger charge is -2.49. The molecule has 1 aromatic heterocycles. The molecule has 4 atom stereocenters. The fraction of sp³-hybridized carbons (Fsp3) is 0.367. The summed E-state index contributed by atoms with van der Waals surface area (Å²) in [5.41, 5.74) is 1.94. The molecular formula is C30H32Cl2N4O5S. The molecule has 2 aliphatic rings. The van der Waals surface area contributed by atoms with Crippen LogP contribution in [0.2, 0.25) is 10.0 Å². The number of hydrogen-bond acceptors (Lipinski definition) is 5. The number of amides is 2. The van der Waals surface area contributed by atoms with E-state index >= 15 is 0 Å². The van der Waals surface area contributed by atoms with E-state index in [0.29, 0.717) is 51.7 Å². The maximum Gasteiger partial charge on any atom is 0.255 e. The Morgan fingerprint density at radius 2 is 1.76 bits per heavy atom. The van der Waals surface area contributed by atoms with Crippen LogP contribution in [0, 0.1) is 0 Å². The minimum Gasteiger partial charge on any atom is -0.355 e. The largest absolute Gasteiger partial charge is 0.355 e. The topological polar surface area (TPSA) is 128 Å². The Kier molecular flexibility index (Phi) is 9.08. The third-order valence-electron chi connectivity index (χ3n) is 7.91. The van der Waals surface area contributed by atoms with Crippen molar-refractivity contribution in [3.63, 3.8) is 0 Å². The lowest BCUT2D eigenvalue weighted by atomic mass is 9.76. The lowest BCUT2D eigenvalue weighted by Crippen LogP contribution is -2.59. The van der Waals surface area contributed by atoms with Crippen molar-refractivity contribution in [3.8, 4) is 0 Å². The highest BCUT2D eigenvalue weighted by atomic mass is 35.5. The summed E-state index contributed by atoms with van der Waals surface area (Å²) in [4.78, 5) is 44.6. The Labute approximate surface area is 254 Å². The molecule has 2 amide bonds. The van der Waals surface area contributed by atoms with Gasteiger partial charge in [-0.2, -0.15) is 0 Å².